The van der Waals surface area contributed by atoms with Gasteiger partial charge < -0.3 is 9.47 Å². The second-order valence-electron chi connectivity index (χ2n) is 6.82. The number of hydrogen-bond acceptors (Lipinski definition) is 6. The first-order valence-corrected chi connectivity index (χ1v) is 11.1. The van der Waals surface area contributed by atoms with Crippen LogP contribution in [0.15, 0.2) is 78.2 Å². The van der Waals surface area contributed by atoms with Crippen molar-refractivity contribution < 1.29 is 9.47 Å². The molecule has 0 radical (unpaired) electrons. The Bertz CT molecular complexity index is 1110. The fourth-order valence-corrected chi connectivity index (χ4v) is 3.90. The first-order valence-electron chi connectivity index (χ1n) is 10.2. The van der Waals surface area contributed by atoms with Gasteiger partial charge in [0.15, 0.2) is 11.0 Å². The lowest BCUT2D eigenvalue weighted by Crippen LogP contribution is -2.04. The molecule has 2 heterocycles. The van der Waals surface area contributed by atoms with Crippen LogP contribution in [0.25, 0.3) is 17.1 Å². The lowest BCUT2D eigenvalue weighted by Gasteiger charge is -2.12. The summed E-state index contributed by atoms with van der Waals surface area (Å²) >= 11 is 1.61. The summed E-state index contributed by atoms with van der Waals surface area (Å²) in [4.78, 5) is 4.23. The minimum atomic E-state index is 0.576. The number of nitrogens with zero attached hydrogens (tertiary/aromatic N) is 4. The number of aromatic nitrogens is 4. The van der Waals surface area contributed by atoms with Crippen LogP contribution in [0.3, 0.4) is 0 Å². The smallest absolute Gasteiger partial charge is 0.196 e. The average Bonchev–Trinajstić information content (AvgIpc) is 3.22. The lowest BCUT2D eigenvalue weighted by atomic mass is 10.2. The molecule has 0 saturated heterocycles. The SMILES string of the molecule is CCOc1ccc(-n2c(SCCOc3cccc(C)c3)nnc2-c2cccnc2)cc1. The van der Waals surface area contributed by atoms with E-state index >= 15 is 0 Å². The zero-order valence-electron chi connectivity index (χ0n) is 17.6. The lowest BCUT2D eigenvalue weighted by molar-refractivity contribution is 0.340. The number of benzene rings is 2. The third kappa shape index (κ3) is 5.24. The molecule has 0 aliphatic rings. The molecule has 0 aliphatic heterocycles. The highest BCUT2D eigenvalue weighted by atomic mass is 32.2. The number of hydrogen-bond donors (Lipinski definition) is 0. The fourth-order valence-electron chi connectivity index (χ4n) is 3.13. The van der Waals surface area contributed by atoms with Crippen molar-refractivity contribution >= 4 is 11.8 Å². The van der Waals surface area contributed by atoms with Gasteiger partial charge in [-0.25, -0.2) is 0 Å². The number of aryl methyl sites for hydroxylation is 1. The largest absolute Gasteiger partial charge is 0.494 e. The van der Waals surface area contributed by atoms with Gasteiger partial charge in [-0.1, -0.05) is 23.9 Å². The third-order valence-electron chi connectivity index (χ3n) is 4.53. The molecule has 0 bridgehead atoms. The van der Waals surface area contributed by atoms with E-state index in [4.69, 9.17) is 9.47 Å². The highest BCUT2D eigenvalue weighted by Gasteiger charge is 2.16. The molecule has 0 N–H and O–H groups in total. The number of rotatable bonds is 9. The maximum atomic E-state index is 5.88. The molecule has 31 heavy (non-hydrogen) atoms. The molecule has 0 atom stereocenters. The van der Waals surface area contributed by atoms with Crippen LogP contribution in [-0.4, -0.2) is 38.7 Å². The van der Waals surface area contributed by atoms with Gasteiger partial charge in [0.05, 0.1) is 13.2 Å². The molecular weight excluding hydrogens is 408 g/mol. The third-order valence-corrected chi connectivity index (χ3v) is 5.42. The van der Waals surface area contributed by atoms with Crippen molar-refractivity contribution in [1.29, 1.82) is 0 Å². The Labute approximate surface area is 186 Å². The molecule has 2 aromatic carbocycles. The summed E-state index contributed by atoms with van der Waals surface area (Å²) in [6, 6.07) is 19.9. The van der Waals surface area contributed by atoms with E-state index in [2.05, 4.69) is 28.2 Å². The summed E-state index contributed by atoms with van der Waals surface area (Å²) in [5.74, 6) is 3.21. The average molecular weight is 433 g/mol. The molecule has 0 aliphatic carbocycles. The zero-order valence-corrected chi connectivity index (χ0v) is 18.4. The Morgan fingerprint density at radius 3 is 2.55 bits per heavy atom. The molecule has 6 nitrogen and oxygen atoms in total. The van der Waals surface area contributed by atoms with Crippen molar-refractivity contribution in [3.63, 3.8) is 0 Å². The molecule has 2 aromatic heterocycles. The molecule has 4 aromatic rings. The van der Waals surface area contributed by atoms with Crippen LogP contribution in [0.4, 0.5) is 0 Å². The zero-order chi connectivity index (χ0) is 21.5. The van der Waals surface area contributed by atoms with Crippen LogP contribution in [0.1, 0.15) is 12.5 Å². The van der Waals surface area contributed by atoms with Crippen LogP contribution in [0.5, 0.6) is 11.5 Å². The highest BCUT2D eigenvalue weighted by molar-refractivity contribution is 7.99. The van der Waals surface area contributed by atoms with Crippen LogP contribution in [-0.2, 0) is 0 Å². The van der Waals surface area contributed by atoms with Crippen LogP contribution >= 0.6 is 11.8 Å². The van der Waals surface area contributed by atoms with Crippen LogP contribution < -0.4 is 9.47 Å². The summed E-state index contributed by atoms with van der Waals surface area (Å²) < 4.78 is 13.5. The standard InChI is InChI=1S/C24H24N4O2S/c1-3-29-21-11-9-20(10-12-21)28-23(19-7-5-13-25-17-19)26-27-24(28)31-15-14-30-22-8-4-6-18(2)16-22/h4-13,16-17H,3,14-15H2,1-2H3. The van der Waals surface area contributed by atoms with Gasteiger partial charge in [-0.2, -0.15) is 0 Å². The quantitative estimate of drug-likeness (QED) is 0.267. The van der Waals surface area contributed by atoms with Gasteiger partial charge >= 0.3 is 0 Å². The van der Waals surface area contributed by atoms with E-state index in [1.54, 1.807) is 24.2 Å². The van der Waals surface area contributed by atoms with Gasteiger partial charge in [-0.05, 0) is 67.9 Å². The van der Waals surface area contributed by atoms with Gasteiger partial charge in [-0.15, -0.1) is 10.2 Å². The van der Waals surface area contributed by atoms with Crippen LogP contribution in [0, 0.1) is 6.92 Å². The van der Waals surface area contributed by atoms with Crippen molar-refractivity contribution in [2.24, 2.45) is 0 Å². The summed E-state index contributed by atoms with van der Waals surface area (Å²) in [6.45, 7) is 5.24. The minimum absolute atomic E-state index is 0.576. The molecule has 0 fully saturated rings. The Balaban J connectivity index is 1.55. The second-order valence-corrected chi connectivity index (χ2v) is 7.89. The predicted molar refractivity (Wildman–Crippen MR) is 123 cm³/mol. The van der Waals surface area contributed by atoms with Crippen molar-refractivity contribution in [1.82, 2.24) is 19.7 Å². The molecular formula is C24H24N4O2S. The summed E-state index contributed by atoms with van der Waals surface area (Å²) in [5, 5.41) is 9.70. The molecule has 7 heteroatoms. The first-order chi connectivity index (χ1) is 15.2. The second kappa shape index (κ2) is 10.1. The molecule has 158 valence electrons. The molecule has 0 spiro atoms. The molecule has 4 rings (SSSR count). The van der Waals surface area contributed by atoms with Gasteiger partial charge in [0.1, 0.15) is 11.5 Å². The summed E-state index contributed by atoms with van der Waals surface area (Å²) in [5.41, 5.74) is 3.06. The maximum absolute atomic E-state index is 5.88. The molecule has 0 saturated carbocycles. The van der Waals surface area contributed by atoms with Gasteiger partial charge in [0.2, 0.25) is 0 Å². The fraction of sp³-hybridized carbons (Fsp3) is 0.208. The Kier molecular flexibility index (Phi) is 6.84. The summed E-state index contributed by atoms with van der Waals surface area (Å²) in [6.07, 6.45) is 3.55. The van der Waals surface area contributed by atoms with Gasteiger partial charge in [-0.3, -0.25) is 9.55 Å². The van der Waals surface area contributed by atoms with Gasteiger partial charge in [0, 0.05) is 29.4 Å². The predicted octanol–water partition coefficient (Wildman–Crippen LogP) is 5.21. The summed E-state index contributed by atoms with van der Waals surface area (Å²) in [7, 11) is 0. The molecule has 0 unspecified atom stereocenters. The van der Waals surface area contributed by atoms with Gasteiger partial charge in [0.25, 0.3) is 0 Å². The van der Waals surface area contributed by atoms with E-state index in [0.29, 0.717) is 13.2 Å². The highest BCUT2D eigenvalue weighted by Crippen LogP contribution is 2.28. The van der Waals surface area contributed by atoms with E-state index in [9.17, 15) is 0 Å². The van der Waals surface area contributed by atoms with Crippen LogP contribution in [0.2, 0.25) is 0 Å². The van der Waals surface area contributed by atoms with E-state index < -0.39 is 0 Å². The Morgan fingerprint density at radius 2 is 1.81 bits per heavy atom. The van der Waals surface area contributed by atoms with Crippen molar-refractivity contribution in [3.8, 4) is 28.6 Å². The monoisotopic (exact) mass is 432 g/mol. The van der Waals surface area contributed by atoms with E-state index in [0.717, 1.165) is 39.5 Å². The van der Waals surface area contributed by atoms with Crippen molar-refractivity contribution in [3.05, 3.63) is 78.6 Å². The number of ether oxygens (including phenoxy) is 2. The normalized spacial score (nSPS) is 10.8. The first kappa shape index (κ1) is 20.9. The molecule has 0 amide bonds. The van der Waals surface area contributed by atoms with E-state index in [1.165, 1.54) is 5.56 Å². The van der Waals surface area contributed by atoms with Crippen molar-refractivity contribution in [2.45, 2.75) is 19.0 Å². The number of thioether (sulfide) groups is 1. The van der Waals surface area contributed by atoms with E-state index in [1.807, 2.05) is 66.1 Å². The van der Waals surface area contributed by atoms with Crippen molar-refractivity contribution in [2.75, 3.05) is 19.0 Å². The Hall–Kier alpha value is -3.32. The van der Waals surface area contributed by atoms with E-state index in [-0.39, 0.29) is 0 Å². The topological polar surface area (TPSA) is 62.1 Å². The minimum Gasteiger partial charge on any atom is -0.494 e. The number of pyridine rings is 1. The maximum Gasteiger partial charge on any atom is 0.196 e. The Morgan fingerprint density at radius 1 is 0.935 bits per heavy atom.